The predicted molar refractivity (Wildman–Crippen MR) is 80.8 cm³/mol. The zero-order valence-electron chi connectivity index (χ0n) is 11.2. The number of hydrogen-bond acceptors (Lipinski definition) is 2. The number of amides is 1. The number of rotatable bonds is 3. The van der Waals surface area contributed by atoms with E-state index >= 15 is 0 Å². The topological polar surface area (TPSA) is 55.1 Å². The van der Waals surface area contributed by atoms with Crippen LogP contribution in [0.1, 0.15) is 28.9 Å². The quantitative estimate of drug-likeness (QED) is 0.823. The van der Waals surface area contributed by atoms with Crippen LogP contribution in [0.4, 0.5) is 14.5 Å². The fraction of sp³-hybridized carbons (Fsp3) is 0.133. The molecule has 1 amide bonds. The molecule has 0 saturated carbocycles. The second-order valence-corrected chi connectivity index (χ2v) is 5.45. The molecule has 1 unspecified atom stereocenters. The van der Waals surface area contributed by atoms with Crippen LogP contribution in [-0.2, 0) is 0 Å². The lowest BCUT2D eigenvalue weighted by molar-refractivity contribution is 0.0939. The number of nitrogen functional groups attached to an aromatic ring is 1. The third-order valence-corrected chi connectivity index (χ3v) is 3.73. The molecule has 110 valence electrons. The SMILES string of the molecule is CC(NC(=O)c1ccc(N)c(Br)c1)c1ccc(F)cc1F. The van der Waals surface area contributed by atoms with Gasteiger partial charge in [0.25, 0.3) is 5.91 Å². The Balaban J connectivity index is 2.16. The summed E-state index contributed by atoms with van der Waals surface area (Å²) in [5, 5.41) is 2.66. The van der Waals surface area contributed by atoms with Gasteiger partial charge in [0.15, 0.2) is 0 Å². The summed E-state index contributed by atoms with van der Waals surface area (Å²) in [4.78, 5) is 12.1. The Morgan fingerprint density at radius 2 is 1.95 bits per heavy atom. The van der Waals surface area contributed by atoms with Crippen LogP contribution in [0.15, 0.2) is 40.9 Å². The molecule has 0 aliphatic heterocycles. The van der Waals surface area contributed by atoms with E-state index < -0.39 is 17.7 Å². The van der Waals surface area contributed by atoms with Gasteiger partial charge in [0.05, 0.1) is 6.04 Å². The first kappa shape index (κ1) is 15.4. The lowest BCUT2D eigenvalue weighted by atomic mass is 10.1. The minimum atomic E-state index is -0.693. The van der Waals surface area contributed by atoms with Gasteiger partial charge in [-0.25, -0.2) is 8.78 Å². The van der Waals surface area contributed by atoms with Crippen LogP contribution in [0.5, 0.6) is 0 Å². The number of halogens is 3. The smallest absolute Gasteiger partial charge is 0.251 e. The summed E-state index contributed by atoms with van der Waals surface area (Å²) in [5.41, 5.74) is 6.78. The summed E-state index contributed by atoms with van der Waals surface area (Å²) >= 11 is 3.24. The van der Waals surface area contributed by atoms with Crippen LogP contribution in [-0.4, -0.2) is 5.91 Å². The summed E-state index contributed by atoms with van der Waals surface area (Å²) in [5.74, 6) is -1.72. The summed E-state index contributed by atoms with van der Waals surface area (Å²) in [6, 6.07) is 7.42. The molecule has 3 nitrogen and oxygen atoms in total. The van der Waals surface area contributed by atoms with Crippen molar-refractivity contribution < 1.29 is 13.6 Å². The lowest BCUT2D eigenvalue weighted by Crippen LogP contribution is -2.27. The molecule has 0 aromatic heterocycles. The Kier molecular flexibility index (Phi) is 4.57. The maximum Gasteiger partial charge on any atom is 0.251 e. The normalized spacial score (nSPS) is 12.0. The van der Waals surface area contributed by atoms with E-state index in [1.165, 1.54) is 6.07 Å². The number of carbonyl (C=O) groups is 1. The van der Waals surface area contributed by atoms with Crippen molar-refractivity contribution in [3.8, 4) is 0 Å². The first-order valence-electron chi connectivity index (χ1n) is 6.19. The van der Waals surface area contributed by atoms with Crippen molar-refractivity contribution in [1.82, 2.24) is 5.32 Å². The van der Waals surface area contributed by atoms with Gasteiger partial charge in [0.2, 0.25) is 0 Å². The third kappa shape index (κ3) is 3.58. The molecule has 0 heterocycles. The minimum Gasteiger partial charge on any atom is -0.398 e. The number of benzene rings is 2. The maximum atomic E-state index is 13.7. The van der Waals surface area contributed by atoms with E-state index in [0.717, 1.165) is 12.1 Å². The van der Waals surface area contributed by atoms with E-state index in [0.29, 0.717) is 15.7 Å². The maximum absolute atomic E-state index is 13.7. The fourth-order valence-electron chi connectivity index (χ4n) is 1.88. The van der Waals surface area contributed by atoms with Crippen LogP contribution in [0.2, 0.25) is 0 Å². The highest BCUT2D eigenvalue weighted by molar-refractivity contribution is 9.10. The van der Waals surface area contributed by atoms with Gasteiger partial charge >= 0.3 is 0 Å². The van der Waals surface area contributed by atoms with Crippen LogP contribution in [0.3, 0.4) is 0 Å². The van der Waals surface area contributed by atoms with Crippen LogP contribution in [0.25, 0.3) is 0 Å². The van der Waals surface area contributed by atoms with Gasteiger partial charge in [-0.05, 0) is 47.1 Å². The highest BCUT2D eigenvalue weighted by Crippen LogP contribution is 2.22. The molecule has 1 atom stereocenters. The van der Waals surface area contributed by atoms with Crippen LogP contribution < -0.4 is 11.1 Å². The van der Waals surface area contributed by atoms with E-state index in [1.54, 1.807) is 25.1 Å². The second-order valence-electron chi connectivity index (χ2n) is 4.60. The van der Waals surface area contributed by atoms with Gasteiger partial charge < -0.3 is 11.1 Å². The molecule has 6 heteroatoms. The predicted octanol–water partition coefficient (Wildman–Crippen LogP) is 3.80. The summed E-state index contributed by atoms with van der Waals surface area (Å²) in [7, 11) is 0. The van der Waals surface area contributed by atoms with Gasteiger partial charge in [0, 0.05) is 27.4 Å². The highest BCUT2D eigenvalue weighted by atomic mass is 79.9. The number of nitrogens with one attached hydrogen (secondary N) is 1. The molecule has 0 fully saturated rings. The molecule has 0 spiro atoms. The number of anilines is 1. The minimum absolute atomic E-state index is 0.222. The van der Waals surface area contributed by atoms with E-state index in [2.05, 4.69) is 21.2 Å². The number of hydrogen-bond donors (Lipinski definition) is 2. The Hall–Kier alpha value is -1.95. The van der Waals surface area contributed by atoms with Gasteiger partial charge in [-0.2, -0.15) is 0 Å². The van der Waals surface area contributed by atoms with Gasteiger partial charge in [-0.1, -0.05) is 6.07 Å². The summed E-state index contributed by atoms with van der Waals surface area (Å²) < 4.78 is 27.1. The fourth-order valence-corrected chi connectivity index (χ4v) is 2.26. The molecule has 0 saturated heterocycles. The first-order chi connectivity index (χ1) is 9.88. The zero-order chi connectivity index (χ0) is 15.6. The van der Waals surface area contributed by atoms with Crippen molar-refractivity contribution in [3.05, 3.63) is 63.6 Å². The van der Waals surface area contributed by atoms with Crippen molar-refractivity contribution in [2.24, 2.45) is 0 Å². The molecule has 21 heavy (non-hydrogen) atoms. The Morgan fingerprint density at radius 3 is 2.57 bits per heavy atom. The van der Waals surface area contributed by atoms with Crippen molar-refractivity contribution in [1.29, 1.82) is 0 Å². The third-order valence-electron chi connectivity index (χ3n) is 3.04. The summed E-state index contributed by atoms with van der Waals surface area (Å²) in [6.45, 7) is 1.63. The van der Waals surface area contributed by atoms with E-state index in [-0.39, 0.29) is 11.5 Å². The van der Waals surface area contributed by atoms with Crippen LogP contribution in [0, 0.1) is 11.6 Å². The first-order valence-corrected chi connectivity index (χ1v) is 6.98. The van der Waals surface area contributed by atoms with Crippen molar-refractivity contribution in [2.45, 2.75) is 13.0 Å². The lowest BCUT2D eigenvalue weighted by Gasteiger charge is -2.15. The van der Waals surface area contributed by atoms with E-state index in [4.69, 9.17) is 5.73 Å². The van der Waals surface area contributed by atoms with Gasteiger partial charge in [-0.3, -0.25) is 4.79 Å². The second kappa shape index (κ2) is 6.22. The summed E-state index contributed by atoms with van der Waals surface area (Å²) in [6.07, 6.45) is 0. The highest BCUT2D eigenvalue weighted by Gasteiger charge is 2.15. The molecule has 2 rings (SSSR count). The largest absolute Gasteiger partial charge is 0.398 e. The van der Waals surface area contributed by atoms with Crippen molar-refractivity contribution >= 4 is 27.5 Å². The van der Waals surface area contributed by atoms with Gasteiger partial charge in [0.1, 0.15) is 11.6 Å². The van der Waals surface area contributed by atoms with E-state index in [1.807, 2.05) is 0 Å². The van der Waals surface area contributed by atoms with Crippen LogP contribution >= 0.6 is 15.9 Å². The van der Waals surface area contributed by atoms with Crippen molar-refractivity contribution in [3.63, 3.8) is 0 Å². The zero-order valence-corrected chi connectivity index (χ0v) is 12.7. The molecule has 3 N–H and O–H groups in total. The average Bonchev–Trinajstić information content (AvgIpc) is 2.41. The Labute approximate surface area is 129 Å². The molecular weight excluding hydrogens is 342 g/mol. The standard InChI is InChI=1S/C15H13BrF2N2O/c1-8(11-4-3-10(17)7-13(11)18)20-15(21)9-2-5-14(19)12(16)6-9/h2-8H,19H2,1H3,(H,20,21). The Bertz CT molecular complexity index is 691. The molecule has 2 aromatic carbocycles. The molecule has 0 bridgehead atoms. The number of nitrogens with two attached hydrogens (primary N) is 1. The molecular formula is C15H13BrF2N2O. The Morgan fingerprint density at radius 1 is 1.24 bits per heavy atom. The molecule has 0 aliphatic carbocycles. The molecule has 2 aromatic rings. The molecule has 0 aliphatic rings. The monoisotopic (exact) mass is 354 g/mol. The van der Waals surface area contributed by atoms with Gasteiger partial charge in [-0.15, -0.1) is 0 Å². The number of carbonyl (C=O) groups excluding carboxylic acids is 1. The molecule has 0 radical (unpaired) electrons. The average molecular weight is 355 g/mol. The van der Waals surface area contributed by atoms with Crippen molar-refractivity contribution in [2.75, 3.05) is 5.73 Å². The van der Waals surface area contributed by atoms with E-state index in [9.17, 15) is 13.6 Å².